The summed E-state index contributed by atoms with van der Waals surface area (Å²) in [4.78, 5) is 16.1. The van der Waals surface area contributed by atoms with Crippen molar-refractivity contribution in [2.75, 3.05) is 13.6 Å². The normalized spacial score (nSPS) is 18.1. The summed E-state index contributed by atoms with van der Waals surface area (Å²) in [5.74, 6) is -0.500. The number of hydrogen-bond acceptors (Lipinski definition) is 2. The van der Waals surface area contributed by atoms with Crippen LogP contribution in [0.2, 0.25) is 0 Å². The van der Waals surface area contributed by atoms with E-state index in [1.54, 1.807) is 33.8 Å². The summed E-state index contributed by atoms with van der Waals surface area (Å²) in [7, 11) is -0.163. The summed E-state index contributed by atoms with van der Waals surface area (Å²) in [6.07, 6.45) is -8.07. The summed E-state index contributed by atoms with van der Waals surface area (Å²) in [5, 5.41) is 0. The van der Waals surface area contributed by atoms with Crippen molar-refractivity contribution in [3.8, 4) is 0 Å². The first kappa shape index (κ1) is 32.6. The van der Waals surface area contributed by atoms with Gasteiger partial charge in [0.1, 0.15) is 5.82 Å². The smallest absolute Gasteiger partial charge is 0.321 e. The molecule has 2 aromatic rings. The lowest BCUT2D eigenvalue weighted by Gasteiger charge is -2.38. The molecule has 0 saturated heterocycles. The molecule has 0 fully saturated rings. The number of benzene rings is 2. The van der Waals surface area contributed by atoms with E-state index in [2.05, 4.69) is 4.72 Å². The average molecular weight is 608 g/mol. The minimum absolute atomic E-state index is 0.0372. The Labute approximate surface area is 237 Å². The molecule has 2 amide bonds. The zero-order valence-corrected chi connectivity index (χ0v) is 24.2. The van der Waals surface area contributed by atoms with Gasteiger partial charge >= 0.3 is 18.4 Å². The minimum Gasteiger partial charge on any atom is -0.321 e. The molecular formula is C28H32F7N3O2S. The van der Waals surface area contributed by atoms with Crippen molar-refractivity contribution in [2.45, 2.75) is 70.2 Å². The van der Waals surface area contributed by atoms with Gasteiger partial charge in [0.25, 0.3) is 0 Å². The Balaban J connectivity index is 2.02. The van der Waals surface area contributed by atoms with Gasteiger partial charge in [-0.05, 0) is 94.6 Å². The van der Waals surface area contributed by atoms with E-state index in [1.165, 1.54) is 37.1 Å². The van der Waals surface area contributed by atoms with Gasteiger partial charge in [-0.1, -0.05) is 0 Å². The quantitative estimate of drug-likeness (QED) is 0.359. The van der Waals surface area contributed by atoms with Crippen LogP contribution in [0.3, 0.4) is 0 Å². The number of aryl methyl sites for hydroxylation is 1. The molecular weight excluding hydrogens is 575 g/mol. The topological polar surface area (TPSA) is 52.7 Å². The van der Waals surface area contributed by atoms with Gasteiger partial charge in [-0.2, -0.15) is 26.3 Å². The Morgan fingerprint density at radius 1 is 1.02 bits per heavy atom. The molecule has 0 spiro atoms. The first-order valence-corrected chi connectivity index (χ1v) is 13.8. The molecule has 1 aliphatic rings. The van der Waals surface area contributed by atoms with Crippen molar-refractivity contribution in [1.82, 2.24) is 14.5 Å². The van der Waals surface area contributed by atoms with E-state index < -0.39 is 63.1 Å². The molecule has 0 bridgehead atoms. The number of urea groups is 1. The molecule has 2 unspecified atom stereocenters. The predicted octanol–water partition coefficient (Wildman–Crippen LogP) is 7.45. The monoisotopic (exact) mass is 607 g/mol. The van der Waals surface area contributed by atoms with Crippen molar-refractivity contribution in [3.63, 3.8) is 0 Å². The third-order valence-electron chi connectivity index (χ3n) is 6.80. The number of rotatable bonds is 5. The largest absolute Gasteiger partial charge is 0.416 e. The summed E-state index contributed by atoms with van der Waals surface area (Å²) in [6.45, 7) is 8.43. The van der Waals surface area contributed by atoms with Gasteiger partial charge in [0.15, 0.2) is 0 Å². The van der Waals surface area contributed by atoms with Gasteiger partial charge < -0.3 is 4.90 Å². The molecule has 0 saturated carbocycles. The predicted molar refractivity (Wildman–Crippen MR) is 143 cm³/mol. The molecule has 1 aliphatic heterocycles. The standard InChI is InChI=1S/C28H32F7N3O2S/c1-16-11-21(29)7-8-23(16)24-15-22(36-41(40)26(3,4)5)9-10-38(24)25(39)37(6)17(2)18-12-19(27(30,31)32)14-20(13-18)28(33,34)35/h7-8,11-15,17,22,36H,9-10H2,1-6H3/t17-,22?,41?/m1/s1. The summed E-state index contributed by atoms with van der Waals surface area (Å²) >= 11 is 0. The maximum atomic E-state index is 13.9. The van der Waals surface area contributed by atoms with Crippen molar-refractivity contribution < 1.29 is 39.7 Å². The number of carbonyl (C=O) groups is 1. The van der Waals surface area contributed by atoms with Crippen LogP contribution in [0.25, 0.3) is 5.70 Å². The van der Waals surface area contributed by atoms with E-state index >= 15 is 0 Å². The number of alkyl halides is 6. The second kappa shape index (κ2) is 11.7. The van der Waals surface area contributed by atoms with Crippen LogP contribution in [0.4, 0.5) is 35.5 Å². The molecule has 0 aliphatic carbocycles. The van der Waals surface area contributed by atoms with Crippen LogP contribution in [0.5, 0.6) is 0 Å². The first-order chi connectivity index (χ1) is 18.7. The Hall–Kier alpha value is -2.93. The molecule has 0 aromatic heterocycles. The Bertz CT molecular complexity index is 1320. The van der Waals surface area contributed by atoms with Crippen LogP contribution in [0, 0.1) is 12.7 Å². The van der Waals surface area contributed by atoms with E-state index in [4.69, 9.17) is 0 Å². The third kappa shape index (κ3) is 7.68. The Morgan fingerprint density at radius 2 is 1.59 bits per heavy atom. The molecule has 1 N–H and O–H groups in total. The van der Waals surface area contributed by atoms with Gasteiger partial charge in [-0.3, -0.25) is 4.90 Å². The van der Waals surface area contributed by atoms with Gasteiger partial charge in [0.2, 0.25) is 0 Å². The van der Waals surface area contributed by atoms with Crippen molar-refractivity contribution in [3.05, 3.63) is 76.1 Å². The second-order valence-corrected chi connectivity index (χ2v) is 13.0. The maximum absolute atomic E-state index is 13.9. The van der Waals surface area contributed by atoms with E-state index in [0.29, 0.717) is 35.4 Å². The van der Waals surface area contributed by atoms with Crippen LogP contribution in [-0.2, 0) is 23.3 Å². The van der Waals surface area contributed by atoms with Crippen LogP contribution < -0.4 is 4.72 Å². The SMILES string of the molecule is Cc1cc(F)ccc1C1=CC(NS(=O)C(C)(C)C)CCN1C(=O)N(C)[C@H](C)c1cc(C(F)(F)F)cc(C(F)(F)F)c1. The van der Waals surface area contributed by atoms with Crippen molar-refractivity contribution in [2.24, 2.45) is 0 Å². The fourth-order valence-corrected chi connectivity index (χ4v) is 5.12. The fourth-order valence-electron chi connectivity index (χ4n) is 4.31. The fraction of sp³-hybridized carbons (Fsp3) is 0.464. The number of carbonyl (C=O) groups excluding carboxylic acids is 1. The summed E-state index contributed by atoms with van der Waals surface area (Å²) in [6, 6.07) is 2.91. The van der Waals surface area contributed by atoms with E-state index in [9.17, 15) is 39.7 Å². The van der Waals surface area contributed by atoms with Gasteiger partial charge in [0, 0.05) is 25.2 Å². The second-order valence-electron chi connectivity index (χ2n) is 11.0. The molecule has 3 rings (SSSR count). The average Bonchev–Trinajstić information content (AvgIpc) is 2.85. The highest BCUT2D eigenvalue weighted by atomic mass is 32.2. The highest BCUT2D eigenvalue weighted by Crippen LogP contribution is 2.39. The van der Waals surface area contributed by atoms with E-state index in [-0.39, 0.29) is 18.2 Å². The Morgan fingerprint density at radius 3 is 2.07 bits per heavy atom. The lowest BCUT2D eigenvalue weighted by molar-refractivity contribution is -0.143. The summed E-state index contributed by atoms with van der Waals surface area (Å²) < 4.78 is 110. The van der Waals surface area contributed by atoms with Gasteiger partial charge in [-0.15, -0.1) is 0 Å². The number of amides is 2. The lowest BCUT2D eigenvalue weighted by atomic mass is 9.98. The highest BCUT2D eigenvalue weighted by molar-refractivity contribution is 7.84. The number of nitrogens with zero attached hydrogens (tertiary/aromatic N) is 2. The van der Waals surface area contributed by atoms with E-state index in [1.807, 2.05) is 0 Å². The molecule has 1 heterocycles. The first-order valence-electron chi connectivity index (χ1n) is 12.7. The molecule has 0 radical (unpaired) electrons. The zero-order valence-electron chi connectivity index (χ0n) is 23.4. The molecule has 5 nitrogen and oxygen atoms in total. The molecule has 3 atom stereocenters. The minimum atomic E-state index is -5.03. The maximum Gasteiger partial charge on any atom is 0.416 e. The van der Waals surface area contributed by atoms with Crippen LogP contribution >= 0.6 is 0 Å². The van der Waals surface area contributed by atoms with Crippen LogP contribution in [0.1, 0.15) is 68.0 Å². The van der Waals surface area contributed by atoms with Gasteiger partial charge in [-0.25, -0.2) is 18.1 Å². The van der Waals surface area contributed by atoms with Crippen LogP contribution in [-0.4, -0.2) is 44.4 Å². The van der Waals surface area contributed by atoms with Gasteiger partial charge in [0.05, 0.1) is 38.6 Å². The van der Waals surface area contributed by atoms with Crippen molar-refractivity contribution >= 4 is 22.7 Å². The Kier molecular flexibility index (Phi) is 9.34. The van der Waals surface area contributed by atoms with Crippen molar-refractivity contribution in [1.29, 1.82) is 0 Å². The summed E-state index contributed by atoms with van der Waals surface area (Å²) in [5.41, 5.74) is -1.96. The number of nitrogens with one attached hydrogen (secondary N) is 1. The molecule has 2 aromatic carbocycles. The number of halogens is 7. The molecule has 41 heavy (non-hydrogen) atoms. The third-order valence-corrected chi connectivity index (χ3v) is 8.43. The molecule has 226 valence electrons. The highest BCUT2D eigenvalue weighted by Gasteiger charge is 2.38. The molecule has 13 heteroatoms. The van der Waals surface area contributed by atoms with Crippen LogP contribution in [0.15, 0.2) is 42.5 Å². The zero-order chi connectivity index (χ0) is 31.1. The number of hydrogen-bond donors (Lipinski definition) is 1. The lowest BCUT2D eigenvalue weighted by Crippen LogP contribution is -2.47. The van der Waals surface area contributed by atoms with E-state index in [0.717, 1.165) is 4.90 Å².